The molecule has 33 heavy (non-hydrogen) atoms. The summed E-state index contributed by atoms with van der Waals surface area (Å²) in [7, 11) is 0. The minimum Gasteiger partial charge on any atom is -0.464 e. The predicted octanol–water partition coefficient (Wildman–Crippen LogP) is 6.92. The van der Waals surface area contributed by atoms with Gasteiger partial charge in [-0.15, -0.1) is 0 Å². The molecule has 2 aromatic heterocycles. The van der Waals surface area contributed by atoms with Crippen LogP contribution in [0.1, 0.15) is 34.2 Å². The summed E-state index contributed by atoms with van der Waals surface area (Å²) >= 11 is 3.38. The van der Waals surface area contributed by atoms with Crippen molar-refractivity contribution >= 4 is 55.2 Å². The predicted molar refractivity (Wildman–Crippen MR) is 132 cm³/mol. The summed E-state index contributed by atoms with van der Waals surface area (Å²) in [5, 5.41) is 4.52. The maximum Gasteiger partial charge on any atom is 0.230 e. The number of aryl methyl sites for hydroxylation is 1. The van der Waals surface area contributed by atoms with Crippen LogP contribution in [0.5, 0.6) is 0 Å². The summed E-state index contributed by atoms with van der Waals surface area (Å²) in [5.74, 6) is -0.441. The third-order valence-electron chi connectivity index (χ3n) is 5.65. The average molecular weight is 502 g/mol. The van der Waals surface area contributed by atoms with Crippen molar-refractivity contribution in [3.63, 3.8) is 0 Å². The fourth-order valence-electron chi connectivity index (χ4n) is 3.90. The Morgan fingerprint density at radius 2 is 1.73 bits per heavy atom. The van der Waals surface area contributed by atoms with Gasteiger partial charge in [0.2, 0.25) is 11.7 Å². The van der Waals surface area contributed by atoms with Crippen LogP contribution in [-0.2, 0) is 17.6 Å². The van der Waals surface area contributed by atoms with E-state index in [1.807, 2.05) is 30.3 Å². The summed E-state index contributed by atoms with van der Waals surface area (Å²) in [6.45, 7) is 2.08. The van der Waals surface area contributed by atoms with Crippen molar-refractivity contribution in [1.82, 2.24) is 0 Å². The largest absolute Gasteiger partial charge is 0.464 e. The quantitative estimate of drug-likeness (QED) is 0.256. The van der Waals surface area contributed by atoms with Crippen LogP contribution in [0.3, 0.4) is 0 Å². The van der Waals surface area contributed by atoms with Crippen molar-refractivity contribution in [2.24, 2.45) is 0 Å². The Kier molecular flexibility index (Phi) is 5.60. The van der Waals surface area contributed by atoms with Gasteiger partial charge in [0.25, 0.3) is 0 Å². The van der Waals surface area contributed by atoms with Gasteiger partial charge in [-0.05, 0) is 60.5 Å². The van der Waals surface area contributed by atoms with Gasteiger partial charge in [0.05, 0.1) is 18.4 Å². The Bertz CT molecular complexity index is 1490. The van der Waals surface area contributed by atoms with Gasteiger partial charge in [0.15, 0.2) is 5.76 Å². The molecular weight excluding hydrogens is 482 g/mol. The van der Waals surface area contributed by atoms with Crippen LogP contribution in [-0.4, -0.2) is 11.7 Å². The van der Waals surface area contributed by atoms with Gasteiger partial charge in [-0.25, -0.2) is 0 Å². The lowest BCUT2D eigenvalue weighted by Crippen LogP contribution is -2.16. The second-order valence-corrected chi connectivity index (χ2v) is 8.72. The van der Waals surface area contributed by atoms with Crippen molar-refractivity contribution in [2.45, 2.75) is 19.8 Å². The third kappa shape index (κ3) is 4.10. The summed E-state index contributed by atoms with van der Waals surface area (Å²) in [4.78, 5) is 26.3. The number of carbonyl (C=O) groups is 2. The minimum atomic E-state index is -0.296. The van der Waals surface area contributed by atoms with Gasteiger partial charge in [-0.2, -0.15) is 0 Å². The number of nitrogens with one attached hydrogen (secondary N) is 1. The lowest BCUT2D eigenvalue weighted by Gasteiger charge is -2.06. The van der Waals surface area contributed by atoms with Crippen molar-refractivity contribution < 1.29 is 18.4 Å². The number of hydrogen-bond donors (Lipinski definition) is 1. The first kappa shape index (κ1) is 21.2. The van der Waals surface area contributed by atoms with E-state index in [-0.39, 0.29) is 23.9 Å². The number of benzene rings is 3. The van der Waals surface area contributed by atoms with E-state index in [0.717, 1.165) is 27.4 Å². The number of amides is 1. The Balaban J connectivity index is 1.48. The third-order valence-corrected chi connectivity index (χ3v) is 6.18. The molecule has 0 fully saturated rings. The Hall–Kier alpha value is -3.64. The molecule has 0 saturated heterocycles. The van der Waals surface area contributed by atoms with E-state index in [4.69, 9.17) is 8.83 Å². The first-order valence-corrected chi connectivity index (χ1v) is 11.4. The smallest absolute Gasteiger partial charge is 0.230 e. The molecule has 0 aliphatic rings. The first-order valence-electron chi connectivity index (χ1n) is 10.6. The van der Waals surface area contributed by atoms with Gasteiger partial charge in [-0.1, -0.05) is 41.1 Å². The van der Waals surface area contributed by atoms with Crippen LogP contribution in [0.15, 0.2) is 86.3 Å². The maximum atomic E-state index is 13.2. The molecule has 0 aliphatic carbocycles. The molecule has 3 aromatic carbocycles. The highest BCUT2D eigenvalue weighted by Crippen LogP contribution is 2.33. The molecular formula is C27H20BrNO4. The Labute approximate surface area is 198 Å². The second-order valence-electron chi connectivity index (χ2n) is 7.81. The van der Waals surface area contributed by atoms with Crippen molar-refractivity contribution in [2.75, 3.05) is 5.32 Å². The molecule has 1 N–H and O–H groups in total. The highest BCUT2D eigenvalue weighted by molar-refractivity contribution is 9.10. The van der Waals surface area contributed by atoms with E-state index in [9.17, 15) is 9.59 Å². The first-order chi connectivity index (χ1) is 16.0. The molecule has 164 valence electrons. The number of halogens is 1. The topological polar surface area (TPSA) is 72.5 Å². The number of furan rings is 2. The molecule has 1 amide bonds. The van der Waals surface area contributed by atoms with Crippen LogP contribution in [0.4, 0.5) is 5.69 Å². The molecule has 0 radical (unpaired) electrons. The lowest BCUT2D eigenvalue weighted by atomic mass is 10.1. The summed E-state index contributed by atoms with van der Waals surface area (Å²) in [6, 6.07) is 20.3. The fraction of sp³-hybridized carbons (Fsp3) is 0.111. The van der Waals surface area contributed by atoms with Gasteiger partial charge >= 0.3 is 0 Å². The molecule has 0 atom stereocenters. The van der Waals surface area contributed by atoms with Gasteiger partial charge < -0.3 is 14.2 Å². The van der Waals surface area contributed by atoms with E-state index in [0.29, 0.717) is 22.2 Å². The van der Waals surface area contributed by atoms with Crippen LogP contribution in [0, 0.1) is 0 Å². The maximum absolute atomic E-state index is 13.2. The summed E-state index contributed by atoms with van der Waals surface area (Å²) in [5.41, 5.74) is 4.11. The zero-order valence-corrected chi connectivity index (χ0v) is 19.4. The van der Waals surface area contributed by atoms with E-state index in [1.54, 1.807) is 36.6 Å². The Morgan fingerprint density at radius 3 is 2.52 bits per heavy atom. The number of carbonyl (C=O) groups excluding carboxylic acids is 2. The molecule has 0 spiro atoms. The molecule has 5 aromatic rings. The van der Waals surface area contributed by atoms with E-state index in [2.05, 4.69) is 34.2 Å². The van der Waals surface area contributed by atoms with E-state index in [1.165, 1.54) is 5.56 Å². The van der Waals surface area contributed by atoms with Crippen LogP contribution < -0.4 is 5.32 Å². The zero-order valence-electron chi connectivity index (χ0n) is 17.9. The summed E-state index contributed by atoms with van der Waals surface area (Å²) in [6.07, 6.45) is 2.63. The molecule has 0 bridgehead atoms. The lowest BCUT2D eigenvalue weighted by molar-refractivity contribution is -0.115. The van der Waals surface area contributed by atoms with Gasteiger partial charge in [0.1, 0.15) is 11.2 Å². The molecule has 6 heteroatoms. The highest BCUT2D eigenvalue weighted by atomic mass is 79.9. The van der Waals surface area contributed by atoms with Gasteiger partial charge in [0, 0.05) is 26.4 Å². The number of hydrogen-bond acceptors (Lipinski definition) is 4. The standard InChI is InChI=1S/C27H20BrNO4/c1-2-16-7-12-22-21(13-16)18(15-32-22)14-24(30)29-25-20-5-3-4-6-23(20)33-27(25)26(31)17-8-10-19(28)11-9-17/h3-13,15H,2,14H2,1H3,(H,29,30). The SMILES string of the molecule is CCc1ccc2occ(CC(=O)Nc3c(C(=O)c4ccc(Br)cc4)oc4ccccc34)c2c1. The molecule has 5 rings (SSSR count). The van der Waals surface area contributed by atoms with E-state index < -0.39 is 0 Å². The van der Waals surface area contributed by atoms with E-state index >= 15 is 0 Å². The van der Waals surface area contributed by atoms with Gasteiger partial charge in [-0.3, -0.25) is 9.59 Å². The number of fused-ring (bicyclic) bond motifs is 2. The number of ketones is 1. The number of para-hydroxylation sites is 1. The summed E-state index contributed by atoms with van der Waals surface area (Å²) < 4.78 is 12.4. The molecule has 0 saturated carbocycles. The molecule has 5 nitrogen and oxygen atoms in total. The van der Waals surface area contributed by atoms with Crippen LogP contribution in [0.2, 0.25) is 0 Å². The monoisotopic (exact) mass is 501 g/mol. The number of rotatable bonds is 6. The normalized spacial score (nSPS) is 11.2. The van der Waals surface area contributed by atoms with Crippen molar-refractivity contribution in [3.05, 3.63) is 99.9 Å². The average Bonchev–Trinajstić information content (AvgIpc) is 3.40. The zero-order chi connectivity index (χ0) is 22.9. The van der Waals surface area contributed by atoms with Crippen molar-refractivity contribution in [1.29, 1.82) is 0 Å². The van der Waals surface area contributed by atoms with Crippen LogP contribution in [0.25, 0.3) is 21.9 Å². The number of anilines is 1. The molecule has 0 aliphatic heterocycles. The van der Waals surface area contributed by atoms with Crippen molar-refractivity contribution in [3.8, 4) is 0 Å². The van der Waals surface area contributed by atoms with Crippen LogP contribution >= 0.6 is 15.9 Å². The highest BCUT2D eigenvalue weighted by Gasteiger charge is 2.24. The Morgan fingerprint density at radius 1 is 0.939 bits per heavy atom. The second kappa shape index (κ2) is 8.71. The molecule has 0 unspecified atom stereocenters. The molecule has 2 heterocycles. The minimum absolute atomic E-state index is 0.109. The fourth-order valence-corrected chi connectivity index (χ4v) is 4.17.